The number of primary amides is 1. The van der Waals surface area contributed by atoms with E-state index in [9.17, 15) is 9.59 Å². The van der Waals surface area contributed by atoms with E-state index in [-0.39, 0.29) is 5.91 Å². The molecule has 2 amide bonds. The molecule has 0 aliphatic heterocycles. The van der Waals surface area contributed by atoms with Gasteiger partial charge < -0.3 is 11.1 Å². The molecular formula is C19H16IN3O2. The minimum atomic E-state index is -0.786. The molecule has 0 radical (unpaired) electrons. The molecule has 0 aliphatic rings. The maximum Gasteiger partial charge on any atom is 0.254 e. The second-order valence-electron chi connectivity index (χ2n) is 5.64. The quantitative estimate of drug-likeness (QED) is 0.593. The van der Waals surface area contributed by atoms with Crippen LogP contribution in [0.1, 0.15) is 15.9 Å². The topological polar surface area (TPSA) is 85.1 Å². The highest BCUT2D eigenvalue weighted by atomic mass is 127. The Hall–Kier alpha value is -2.48. The third-order valence-electron chi connectivity index (χ3n) is 3.88. The molecule has 0 spiro atoms. The first-order valence-electron chi connectivity index (χ1n) is 7.73. The van der Waals surface area contributed by atoms with Gasteiger partial charge in [0.15, 0.2) is 0 Å². The molecule has 1 atom stereocenters. The minimum Gasteiger partial charge on any atom is -0.368 e. The number of fused-ring (bicyclic) bond motifs is 1. The Morgan fingerprint density at radius 1 is 1.08 bits per heavy atom. The van der Waals surface area contributed by atoms with Gasteiger partial charge in [0.2, 0.25) is 5.91 Å². The van der Waals surface area contributed by atoms with Crippen LogP contribution in [0.25, 0.3) is 10.9 Å². The van der Waals surface area contributed by atoms with Crippen molar-refractivity contribution in [3.63, 3.8) is 0 Å². The maximum absolute atomic E-state index is 12.7. The lowest BCUT2D eigenvalue weighted by Gasteiger charge is -2.16. The largest absolute Gasteiger partial charge is 0.368 e. The van der Waals surface area contributed by atoms with Crippen LogP contribution < -0.4 is 11.1 Å². The van der Waals surface area contributed by atoms with Crippen molar-refractivity contribution >= 4 is 45.3 Å². The zero-order valence-electron chi connectivity index (χ0n) is 13.3. The number of nitrogens with one attached hydrogen (secondary N) is 1. The summed E-state index contributed by atoms with van der Waals surface area (Å²) in [5.74, 6) is -0.932. The van der Waals surface area contributed by atoms with E-state index in [1.807, 2.05) is 42.5 Å². The summed E-state index contributed by atoms with van der Waals surface area (Å²) in [6.07, 6.45) is 1.98. The Balaban J connectivity index is 1.83. The number of hydrogen-bond acceptors (Lipinski definition) is 3. The fourth-order valence-corrected chi connectivity index (χ4v) is 2.96. The average Bonchev–Trinajstić information content (AvgIpc) is 2.62. The van der Waals surface area contributed by atoms with Gasteiger partial charge in [0, 0.05) is 21.6 Å². The van der Waals surface area contributed by atoms with Crippen LogP contribution in [0.4, 0.5) is 0 Å². The normalized spacial score (nSPS) is 11.9. The number of halogens is 1. The van der Waals surface area contributed by atoms with E-state index in [2.05, 4.69) is 32.9 Å². The highest BCUT2D eigenvalue weighted by molar-refractivity contribution is 14.1. The SMILES string of the molecule is NC(=O)[C@H](Cc1ccc(I)cc1)NC(=O)c1cccc2cccnc12. The summed E-state index contributed by atoms with van der Waals surface area (Å²) in [7, 11) is 0. The highest BCUT2D eigenvalue weighted by Gasteiger charge is 2.21. The number of nitrogens with zero attached hydrogens (tertiary/aromatic N) is 1. The van der Waals surface area contributed by atoms with E-state index in [0.29, 0.717) is 17.5 Å². The number of benzene rings is 2. The van der Waals surface area contributed by atoms with Crippen molar-refractivity contribution in [2.45, 2.75) is 12.5 Å². The van der Waals surface area contributed by atoms with Crippen LogP contribution in [0.5, 0.6) is 0 Å². The molecule has 3 rings (SSSR count). The van der Waals surface area contributed by atoms with Gasteiger partial charge in [0.25, 0.3) is 5.91 Å². The van der Waals surface area contributed by atoms with Crippen LogP contribution >= 0.6 is 22.6 Å². The third-order valence-corrected chi connectivity index (χ3v) is 4.60. The molecule has 5 nitrogen and oxygen atoms in total. The van der Waals surface area contributed by atoms with Crippen molar-refractivity contribution in [1.82, 2.24) is 10.3 Å². The van der Waals surface area contributed by atoms with E-state index in [0.717, 1.165) is 14.5 Å². The molecule has 1 heterocycles. The van der Waals surface area contributed by atoms with Crippen molar-refractivity contribution in [1.29, 1.82) is 0 Å². The number of rotatable bonds is 5. The van der Waals surface area contributed by atoms with E-state index in [1.54, 1.807) is 18.3 Å². The second kappa shape index (κ2) is 7.60. The van der Waals surface area contributed by atoms with Crippen LogP contribution in [0, 0.1) is 3.57 Å². The third kappa shape index (κ3) is 4.14. The summed E-state index contributed by atoms with van der Waals surface area (Å²) in [6, 6.07) is 16.0. The molecule has 2 aromatic carbocycles. The molecule has 0 unspecified atom stereocenters. The number of carbonyl (C=O) groups excluding carboxylic acids is 2. The summed E-state index contributed by atoms with van der Waals surface area (Å²) in [5, 5.41) is 3.60. The molecule has 0 bridgehead atoms. The van der Waals surface area contributed by atoms with Gasteiger partial charge in [-0.25, -0.2) is 0 Å². The average molecular weight is 445 g/mol. The van der Waals surface area contributed by atoms with E-state index >= 15 is 0 Å². The first kappa shape index (κ1) is 17.3. The molecular weight excluding hydrogens is 429 g/mol. The first-order valence-corrected chi connectivity index (χ1v) is 8.81. The van der Waals surface area contributed by atoms with Crippen LogP contribution in [0.15, 0.2) is 60.8 Å². The molecule has 6 heteroatoms. The van der Waals surface area contributed by atoms with Crippen molar-refractivity contribution in [3.05, 3.63) is 75.5 Å². The summed E-state index contributed by atoms with van der Waals surface area (Å²) in [4.78, 5) is 28.7. The Kier molecular flexibility index (Phi) is 5.28. The molecule has 0 saturated carbocycles. The molecule has 126 valence electrons. The minimum absolute atomic E-state index is 0.343. The standard InChI is InChI=1S/C19H16IN3O2/c20-14-8-6-12(7-9-14)11-16(18(21)24)23-19(25)15-5-1-3-13-4-2-10-22-17(13)15/h1-10,16H,11H2,(H2,21,24)(H,23,25)/t16-/m0/s1. The molecule has 0 saturated heterocycles. The van der Waals surface area contributed by atoms with Crippen LogP contribution in [-0.2, 0) is 11.2 Å². The molecule has 0 fully saturated rings. The van der Waals surface area contributed by atoms with Crippen molar-refractivity contribution in [2.24, 2.45) is 5.73 Å². The van der Waals surface area contributed by atoms with Gasteiger partial charge in [-0.2, -0.15) is 0 Å². The van der Waals surface area contributed by atoms with Crippen LogP contribution in [0.3, 0.4) is 0 Å². The number of nitrogens with two attached hydrogens (primary N) is 1. The lowest BCUT2D eigenvalue weighted by molar-refractivity contribution is -0.119. The summed E-state index contributed by atoms with van der Waals surface area (Å²) >= 11 is 2.21. The van der Waals surface area contributed by atoms with Crippen molar-refractivity contribution < 1.29 is 9.59 Å². The van der Waals surface area contributed by atoms with E-state index in [1.165, 1.54) is 0 Å². The smallest absolute Gasteiger partial charge is 0.254 e. The molecule has 25 heavy (non-hydrogen) atoms. The fourth-order valence-electron chi connectivity index (χ4n) is 2.60. The van der Waals surface area contributed by atoms with Gasteiger partial charge >= 0.3 is 0 Å². The van der Waals surface area contributed by atoms with Crippen molar-refractivity contribution in [3.8, 4) is 0 Å². The highest BCUT2D eigenvalue weighted by Crippen LogP contribution is 2.16. The molecule has 0 aliphatic carbocycles. The first-order chi connectivity index (χ1) is 12.0. The Bertz CT molecular complexity index is 920. The Labute approximate surface area is 158 Å². The summed E-state index contributed by atoms with van der Waals surface area (Å²) in [5.41, 5.74) is 7.43. The Morgan fingerprint density at radius 2 is 1.80 bits per heavy atom. The van der Waals surface area contributed by atoms with Gasteiger partial charge in [-0.05, 0) is 52.4 Å². The van der Waals surface area contributed by atoms with E-state index in [4.69, 9.17) is 5.73 Å². The number of carbonyl (C=O) groups is 2. The fraction of sp³-hybridized carbons (Fsp3) is 0.105. The lowest BCUT2D eigenvalue weighted by Crippen LogP contribution is -2.45. The number of amides is 2. The predicted octanol–water partition coefficient (Wildman–Crippen LogP) is 2.67. The zero-order chi connectivity index (χ0) is 17.8. The zero-order valence-corrected chi connectivity index (χ0v) is 15.4. The number of hydrogen-bond donors (Lipinski definition) is 2. The number of para-hydroxylation sites is 1. The number of aromatic nitrogens is 1. The number of pyridine rings is 1. The van der Waals surface area contributed by atoms with E-state index < -0.39 is 11.9 Å². The Morgan fingerprint density at radius 3 is 2.52 bits per heavy atom. The lowest BCUT2D eigenvalue weighted by atomic mass is 10.0. The van der Waals surface area contributed by atoms with Gasteiger partial charge in [0.1, 0.15) is 6.04 Å². The van der Waals surface area contributed by atoms with Gasteiger partial charge in [0.05, 0.1) is 11.1 Å². The van der Waals surface area contributed by atoms with Gasteiger partial charge in [-0.15, -0.1) is 0 Å². The van der Waals surface area contributed by atoms with Gasteiger partial charge in [-0.1, -0.05) is 30.3 Å². The maximum atomic E-state index is 12.7. The molecule has 3 aromatic rings. The summed E-state index contributed by atoms with van der Waals surface area (Å²) in [6.45, 7) is 0. The van der Waals surface area contributed by atoms with Gasteiger partial charge in [-0.3, -0.25) is 14.6 Å². The molecule has 1 aromatic heterocycles. The second-order valence-corrected chi connectivity index (χ2v) is 6.89. The molecule has 3 N–H and O–H groups in total. The monoisotopic (exact) mass is 445 g/mol. The van der Waals surface area contributed by atoms with Crippen LogP contribution in [0.2, 0.25) is 0 Å². The van der Waals surface area contributed by atoms with Crippen molar-refractivity contribution in [2.75, 3.05) is 0 Å². The predicted molar refractivity (Wildman–Crippen MR) is 105 cm³/mol. The van der Waals surface area contributed by atoms with Crippen LogP contribution in [-0.4, -0.2) is 22.8 Å². The summed E-state index contributed by atoms with van der Waals surface area (Å²) < 4.78 is 1.10.